The average Bonchev–Trinajstić information content (AvgIpc) is 3.28. The number of thioether (sulfide) groups is 1. The summed E-state index contributed by atoms with van der Waals surface area (Å²) in [5.74, 6) is 1.33. The van der Waals surface area contributed by atoms with Crippen molar-refractivity contribution >= 4 is 34.0 Å². The molecular formula is C22H23N5OS2. The number of rotatable bonds is 6. The molecule has 0 unspecified atom stereocenters. The first-order chi connectivity index (χ1) is 14.6. The van der Waals surface area contributed by atoms with Crippen molar-refractivity contribution in [3.63, 3.8) is 0 Å². The lowest BCUT2D eigenvalue weighted by molar-refractivity contribution is -0.115. The molecule has 2 heterocycles. The molecule has 0 saturated carbocycles. The van der Waals surface area contributed by atoms with E-state index in [-0.39, 0.29) is 5.91 Å². The topological polar surface area (TPSA) is 83.6 Å². The van der Waals surface area contributed by atoms with Crippen LogP contribution in [0, 0.1) is 25.2 Å². The number of para-hydroxylation sites is 1. The molecule has 0 bridgehead atoms. The number of aromatic nitrogens is 3. The van der Waals surface area contributed by atoms with Crippen molar-refractivity contribution in [1.82, 2.24) is 14.8 Å². The van der Waals surface area contributed by atoms with Gasteiger partial charge >= 0.3 is 0 Å². The SMILES string of the molecule is Cc1ccccc1-n1c(C)nnc1SCCC(=O)Nc1sc2c(c1C#N)CCCC2. The number of fused-ring (bicyclic) bond motifs is 1. The van der Waals surface area contributed by atoms with Crippen LogP contribution in [-0.4, -0.2) is 26.4 Å². The highest BCUT2D eigenvalue weighted by Crippen LogP contribution is 2.37. The van der Waals surface area contributed by atoms with Gasteiger partial charge in [0.25, 0.3) is 0 Å². The first-order valence-corrected chi connectivity index (χ1v) is 11.8. The van der Waals surface area contributed by atoms with Crippen LogP contribution in [0.2, 0.25) is 0 Å². The number of carbonyl (C=O) groups is 1. The number of anilines is 1. The maximum atomic E-state index is 12.5. The minimum absolute atomic E-state index is 0.0729. The van der Waals surface area contributed by atoms with Gasteiger partial charge in [0.15, 0.2) is 5.16 Å². The monoisotopic (exact) mass is 437 g/mol. The second kappa shape index (κ2) is 9.02. The highest BCUT2D eigenvalue weighted by Gasteiger charge is 2.22. The molecule has 3 aromatic rings. The molecule has 8 heteroatoms. The molecule has 0 atom stereocenters. The second-order valence-electron chi connectivity index (χ2n) is 7.33. The van der Waals surface area contributed by atoms with Gasteiger partial charge in [-0.15, -0.1) is 21.5 Å². The van der Waals surface area contributed by atoms with Crippen molar-refractivity contribution in [3.8, 4) is 11.8 Å². The van der Waals surface area contributed by atoms with Gasteiger partial charge in [-0.2, -0.15) is 5.26 Å². The molecule has 4 rings (SSSR count). The lowest BCUT2D eigenvalue weighted by Gasteiger charge is -2.11. The summed E-state index contributed by atoms with van der Waals surface area (Å²) in [6.07, 6.45) is 4.56. The molecule has 1 amide bonds. The normalized spacial score (nSPS) is 13.0. The Morgan fingerprint density at radius 3 is 2.87 bits per heavy atom. The molecule has 1 N–H and O–H groups in total. The maximum Gasteiger partial charge on any atom is 0.225 e. The van der Waals surface area contributed by atoms with Gasteiger partial charge in [0, 0.05) is 17.1 Å². The molecule has 0 radical (unpaired) electrons. The molecule has 0 saturated heterocycles. The van der Waals surface area contributed by atoms with Crippen LogP contribution < -0.4 is 5.32 Å². The summed E-state index contributed by atoms with van der Waals surface area (Å²) in [7, 11) is 0. The lowest BCUT2D eigenvalue weighted by atomic mass is 9.96. The minimum Gasteiger partial charge on any atom is -0.317 e. The number of benzene rings is 1. The number of aryl methyl sites for hydroxylation is 3. The number of nitrogens with zero attached hydrogens (tertiary/aromatic N) is 4. The fourth-order valence-electron chi connectivity index (χ4n) is 3.72. The van der Waals surface area contributed by atoms with Gasteiger partial charge in [-0.05, 0) is 56.7 Å². The van der Waals surface area contributed by atoms with Crippen molar-refractivity contribution < 1.29 is 4.79 Å². The fourth-order valence-corrected chi connectivity index (χ4v) is 5.91. The lowest BCUT2D eigenvalue weighted by Crippen LogP contribution is -2.12. The predicted molar refractivity (Wildman–Crippen MR) is 120 cm³/mol. The summed E-state index contributed by atoms with van der Waals surface area (Å²) in [4.78, 5) is 13.8. The van der Waals surface area contributed by atoms with Crippen LogP contribution in [0.4, 0.5) is 5.00 Å². The van der Waals surface area contributed by atoms with Crippen LogP contribution in [0.5, 0.6) is 0 Å². The van der Waals surface area contributed by atoms with Crippen LogP contribution in [-0.2, 0) is 17.6 Å². The number of thiophene rings is 1. The zero-order valence-electron chi connectivity index (χ0n) is 17.1. The Hall–Kier alpha value is -2.63. The van der Waals surface area contributed by atoms with Gasteiger partial charge in [-0.3, -0.25) is 9.36 Å². The Balaban J connectivity index is 1.41. The van der Waals surface area contributed by atoms with Crippen LogP contribution in [0.15, 0.2) is 29.4 Å². The third-order valence-corrected chi connectivity index (χ3v) is 7.39. The van der Waals surface area contributed by atoms with Crippen LogP contribution in [0.25, 0.3) is 5.69 Å². The summed E-state index contributed by atoms with van der Waals surface area (Å²) in [6.45, 7) is 3.99. The number of amides is 1. The Morgan fingerprint density at radius 2 is 2.07 bits per heavy atom. The molecule has 1 aliphatic carbocycles. The summed E-state index contributed by atoms with van der Waals surface area (Å²) in [5, 5.41) is 22.5. The Bertz CT molecular complexity index is 1130. The van der Waals surface area contributed by atoms with Crippen molar-refractivity contribution in [3.05, 3.63) is 51.7 Å². The zero-order valence-corrected chi connectivity index (χ0v) is 18.7. The molecule has 0 spiro atoms. The summed E-state index contributed by atoms with van der Waals surface area (Å²) in [5.41, 5.74) is 3.99. The van der Waals surface area contributed by atoms with Crippen molar-refractivity contribution in [2.24, 2.45) is 0 Å². The van der Waals surface area contributed by atoms with Crippen molar-refractivity contribution in [1.29, 1.82) is 5.26 Å². The number of nitriles is 1. The molecule has 2 aromatic heterocycles. The number of hydrogen-bond acceptors (Lipinski definition) is 6. The third kappa shape index (κ3) is 4.13. The molecule has 1 aliphatic rings. The second-order valence-corrected chi connectivity index (χ2v) is 9.49. The molecule has 30 heavy (non-hydrogen) atoms. The minimum atomic E-state index is -0.0729. The number of carbonyl (C=O) groups excluding carboxylic acids is 1. The number of hydrogen-bond donors (Lipinski definition) is 1. The first-order valence-electron chi connectivity index (χ1n) is 10.0. The van der Waals surface area contributed by atoms with E-state index in [1.165, 1.54) is 16.6 Å². The molecule has 1 aromatic carbocycles. The van der Waals surface area contributed by atoms with Gasteiger partial charge in [-0.1, -0.05) is 30.0 Å². The van der Waals surface area contributed by atoms with Crippen LogP contribution >= 0.6 is 23.1 Å². The Morgan fingerprint density at radius 1 is 1.27 bits per heavy atom. The molecule has 0 fully saturated rings. The van der Waals surface area contributed by atoms with E-state index in [4.69, 9.17) is 0 Å². The van der Waals surface area contributed by atoms with E-state index >= 15 is 0 Å². The first kappa shape index (κ1) is 20.6. The smallest absolute Gasteiger partial charge is 0.225 e. The standard InChI is InChI=1S/C22H23N5OS2/c1-14-7-3-5-9-18(14)27-15(2)25-26-22(27)29-12-11-20(28)24-21-17(13-23)16-8-4-6-10-19(16)30-21/h3,5,7,9H,4,6,8,10-12H2,1-2H3,(H,24,28). The molecule has 6 nitrogen and oxygen atoms in total. The highest BCUT2D eigenvalue weighted by atomic mass is 32.2. The zero-order chi connectivity index (χ0) is 21.1. The van der Waals surface area contributed by atoms with Gasteiger partial charge < -0.3 is 5.32 Å². The van der Waals surface area contributed by atoms with Crippen LogP contribution in [0.3, 0.4) is 0 Å². The van der Waals surface area contributed by atoms with E-state index in [9.17, 15) is 10.1 Å². The van der Waals surface area contributed by atoms with E-state index in [1.54, 1.807) is 11.3 Å². The Labute approximate surface area is 184 Å². The molecule has 154 valence electrons. The van der Waals surface area contributed by atoms with Gasteiger partial charge in [-0.25, -0.2) is 0 Å². The average molecular weight is 438 g/mol. The van der Waals surface area contributed by atoms with E-state index in [0.29, 0.717) is 22.7 Å². The molecule has 0 aliphatic heterocycles. The van der Waals surface area contributed by atoms with E-state index in [2.05, 4.69) is 34.6 Å². The van der Waals surface area contributed by atoms with Crippen molar-refractivity contribution in [2.45, 2.75) is 51.1 Å². The quantitative estimate of drug-likeness (QED) is 0.559. The Kier molecular flexibility index (Phi) is 6.21. The largest absolute Gasteiger partial charge is 0.317 e. The van der Waals surface area contributed by atoms with Gasteiger partial charge in [0.2, 0.25) is 5.91 Å². The third-order valence-electron chi connectivity index (χ3n) is 5.25. The van der Waals surface area contributed by atoms with Crippen molar-refractivity contribution in [2.75, 3.05) is 11.1 Å². The number of nitrogens with one attached hydrogen (secondary N) is 1. The van der Waals surface area contributed by atoms with E-state index < -0.39 is 0 Å². The summed E-state index contributed by atoms with van der Waals surface area (Å²) >= 11 is 3.08. The fraction of sp³-hybridized carbons (Fsp3) is 0.364. The van der Waals surface area contributed by atoms with Crippen LogP contribution in [0.1, 0.15) is 46.7 Å². The van der Waals surface area contributed by atoms with Gasteiger partial charge in [0.1, 0.15) is 16.9 Å². The van der Waals surface area contributed by atoms with Gasteiger partial charge in [0.05, 0.1) is 11.3 Å². The van der Waals surface area contributed by atoms with E-state index in [1.807, 2.05) is 29.7 Å². The summed E-state index contributed by atoms with van der Waals surface area (Å²) < 4.78 is 2.03. The van der Waals surface area contributed by atoms with E-state index in [0.717, 1.165) is 53.5 Å². The maximum absolute atomic E-state index is 12.5. The summed E-state index contributed by atoms with van der Waals surface area (Å²) in [6, 6.07) is 10.4. The predicted octanol–water partition coefficient (Wildman–Crippen LogP) is 4.82. The molecular weight excluding hydrogens is 414 g/mol. The highest BCUT2D eigenvalue weighted by molar-refractivity contribution is 7.99.